The van der Waals surface area contributed by atoms with Crippen molar-refractivity contribution in [1.82, 2.24) is 0 Å². The summed E-state index contributed by atoms with van der Waals surface area (Å²) in [5.41, 5.74) is -0.867. The Hall–Kier alpha value is -2.62. The van der Waals surface area contributed by atoms with Crippen molar-refractivity contribution < 1.29 is 28.2 Å². The van der Waals surface area contributed by atoms with Gasteiger partial charge in [0.25, 0.3) is 10.0 Å². The monoisotopic (exact) mass is 423 g/mol. The first-order chi connectivity index (χ1) is 12.6. The number of carboxylic acid groups (broad SMARTS) is 2. The maximum Gasteiger partial charge on any atom is 0.271 e. The minimum Gasteiger partial charge on any atom is -0.545 e. The number of benzene rings is 2. The van der Waals surface area contributed by atoms with Crippen molar-refractivity contribution in [2.45, 2.75) is 11.1 Å². The molecule has 1 aromatic heterocycles. The molecule has 0 bridgehead atoms. The van der Waals surface area contributed by atoms with Gasteiger partial charge in [0, 0.05) is 15.3 Å². The van der Waals surface area contributed by atoms with E-state index in [1.54, 1.807) is 25.1 Å². The molecule has 0 aliphatic heterocycles. The highest BCUT2D eigenvalue weighted by Crippen LogP contribution is 2.36. The molecule has 0 atom stereocenters. The molecule has 1 N–H and O–H groups in total. The van der Waals surface area contributed by atoms with Crippen molar-refractivity contribution in [2.75, 3.05) is 4.72 Å². The van der Waals surface area contributed by atoms with E-state index in [-0.39, 0.29) is 9.90 Å². The number of hydrogen-bond acceptors (Lipinski definition) is 7. The number of sulfonamides is 1. The Morgan fingerprint density at radius 1 is 1.07 bits per heavy atom. The van der Waals surface area contributed by atoms with Crippen LogP contribution in [-0.4, -0.2) is 20.4 Å². The minimum atomic E-state index is -4.14. The highest BCUT2D eigenvalue weighted by Gasteiger charge is 2.23. The molecule has 10 heteroatoms. The van der Waals surface area contributed by atoms with Crippen LogP contribution in [0.15, 0.2) is 40.6 Å². The lowest BCUT2D eigenvalue weighted by atomic mass is 10.1. The van der Waals surface area contributed by atoms with Gasteiger partial charge in [-0.15, -0.1) is 11.3 Å². The van der Waals surface area contributed by atoms with E-state index in [4.69, 9.17) is 11.6 Å². The molecule has 0 radical (unpaired) electrons. The Kier molecular flexibility index (Phi) is 4.85. The summed E-state index contributed by atoms with van der Waals surface area (Å²) in [7, 11) is -4.14. The second-order valence-corrected chi connectivity index (χ2v) is 8.96. The molecule has 0 saturated carbocycles. The Bertz CT molecular complexity index is 1200. The maximum absolute atomic E-state index is 12.8. The summed E-state index contributed by atoms with van der Waals surface area (Å²) in [6, 6.07) is 7.82. The first-order valence-electron chi connectivity index (χ1n) is 7.38. The van der Waals surface area contributed by atoms with Gasteiger partial charge < -0.3 is 19.8 Å². The molecule has 7 nitrogen and oxygen atoms in total. The quantitative estimate of drug-likeness (QED) is 0.660. The zero-order valence-corrected chi connectivity index (χ0v) is 16.0. The predicted molar refractivity (Wildman–Crippen MR) is 97.5 cm³/mol. The van der Waals surface area contributed by atoms with Crippen molar-refractivity contribution >= 4 is 60.7 Å². The number of carboxylic acids is 2. The summed E-state index contributed by atoms with van der Waals surface area (Å²) in [4.78, 5) is 22.2. The summed E-state index contributed by atoms with van der Waals surface area (Å²) >= 11 is 6.96. The van der Waals surface area contributed by atoms with Gasteiger partial charge in [0.2, 0.25) is 0 Å². The van der Waals surface area contributed by atoms with Crippen LogP contribution in [0.25, 0.3) is 10.1 Å². The van der Waals surface area contributed by atoms with E-state index in [0.717, 1.165) is 29.5 Å². The number of carbonyl (C=O) groups is 2. The largest absolute Gasteiger partial charge is 0.545 e. The summed E-state index contributed by atoms with van der Waals surface area (Å²) < 4.78 is 28.5. The van der Waals surface area contributed by atoms with Gasteiger partial charge in [-0.05, 0) is 53.8 Å². The molecular formula is C17H10ClNO6S2-2. The molecule has 0 spiro atoms. The zero-order valence-electron chi connectivity index (χ0n) is 13.6. The highest BCUT2D eigenvalue weighted by molar-refractivity contribution is 7.95. The van der Waals surface area contributed by atoms with Gasteiger partial charge in [-0.3, -0.25) is 4.72 Å². The highest BCUT2D eigenvalue weighted by atomic mass is 35.5. The van der Waals surface area contributed by atoms with Crippen molar-refractivity contribution in [1.29, 1.82) is 0 Å². The van der Waals surface area contributed by atoms with E-state index < -0.39 is 33.1 Å². The maximum atomic E-state index is 12.8. The molecule has 0 saturated heterocycles. The van der Waals surface area contributed by atoms with Gasteiger partial charge in [0.05, 0.1) is 17.6 Å². The van der Waals surface area contributed by atoms with E-state index in [1.807, 2.05) is 0 Å². The topological polar surface area (TPSA) is 126 Å². The fraction of sp³-hybridized carbons (Fsp3) is 0.0588. The molecule has 2 aromatic carbocycles. The van der Waals surface area contributed by atoms with Gasteiger partial charge in [-0.25, -0.2) is 8.42 Å². The van der Waals surface area contributed by atoms with Crippen molar-refractivity contribution in [3.8, 4) is 0 Å². The minimum absolute atomic E-state index is 0.00644. The molecule has 1 heterocycles. The van der Waals surface area contributed by atoms with Gasteiger partial charge in [0.1, 0.15) is 4.21 Å². The number of rotatable bonds is 5. The van der Waals surface area contributed by atoms with Crippen LogP contribution in [0.2, 0.25) is 5.02 Å². The molecule has 0 aliphatic rings. The van der Waals surface area contributed by atoms with Crippen molar-refractivity contribution in [3.63, 3.8) is 0 Å². The number of anilines is 1. The summed E-state index contributed by atoms with van der Waals surface area (Å²) in [5, 5.41) is 23.3. The van der Waals surface area contributed by atoms with Crippen LogP contribution in [0.4, 0.5) is 5.69 Å². The van der Waals surface area contributed by atoms with Crippen molar-refractivity contribution in [2.24, 2.45) is 0 Å². The predicted octanol–water partition coefficient (Wildman–Crippen LogP) is 1.39. The summed E-state index contributed by atoms with van der Waals surface area (Å²) in [5.74, 6) is -3.32. The van der Waals surface area contributed by atoms with E-state index >= 15 is 0 Å². The SMILES string of the molecule is Cc1c(S(=O)(=O)Nc2ccc(C(=O)[O-])cc2C(=O)[O-])sc2ccc(Cl)cc12. The number of nitrogens with one attached hydrogen (secondary N) is 1. The van der Waals surface area contributed by atoms with Crippen LogP contribution in [0.1, 0.15) is 26.3 Å². The summed E-state index contributed by atoms with van der Waals surface area (Å²) in [6.45, 7) is 1.61. The average molecular weight is 424 g/mol. The van der Waals surface area contributed by atoms with E-state index in [0.29, 0.717) is 20.7 Å². The molecule has 0 amide bonds. The van der Waals surface area contributed by atoms with Gasteiger partial charge in [0.15, 0.2) is 0 Å². The number of aromatic carboxylic acids is 2. The normalized spacial score (nSPS) is 11.5. The Morgan fingerprint density at radius 2 is 1.78 bits per heavy atom. The number of fused-ring (bicyclic) bond motifs is 1. The second kappa shape index (κ2) is 6.84. The third-order valence-corrected chi connectivity index (χ3v) is 7.31. The molecule has 3 rings (SSSR count). The fourth-order valence-electron chi connectivity index (χ4n) is 2.55. The first-order valence-corrected chi connectivity index (χ1v) is 10.1. The van der Waals surface area contributed by atoms with Crippen LogP contribution in [-0.2, 0) is 10.0 Å². The number of thiophene rings is 1. The smallest absolute Gasteiger partial charge is 0.271 e. The lowest BCUT2D eigenvalue weighted by Crippen LogP contribution is -2.27. The van der Waals surface area contributed by atoms with E-state index in [9.17, 15) is 28.2 Å². The summed E-state index contributed by atoms with van der Waals surface area (Å²) in [6.07, 6.45) is 0. The molecule has 140 valence electrons. The Morgan fingerprint density at radius 3 is 2.41 bits per heavy atom. The van der Waals surface area contributed by atoms with Crippen LogP contribution in [0.3, 0.4) is 0 Å². The lowest BCUT2D eigenvalue weighted by molar-refractivity contribution is -0.255. The number of hydrogen-bond donors (Lipinski definition) is 1. The van der Waals surface area contributed by atoms with E-state index in [1.165, 1.54) is 0 Å². The first kappa shape index (κ1) is 19.2. The van der Waals surface area contributed by atoms with Crippen LogP contribution in [0.5, 0.6) is 0 Å². The average Bonchev–Trinajstić information content (AvgIpc) is 2.92. The fourth-order valence-corrected chi connectivity index (χ4v) is 5.55. The Balaban J connectivity index is 2.09. The zero-order chi connectivity index (χ0) is 19.9. The molecule has 0 aliphatic carbocycles. The van der Waals surface area contributed by atoms with Crippen LogP contribution >= 0.6 is 22.9 Å². The number of halogens is 1. The molecule has 0 unspecified atom stereocenters. The number of carbonyl (C=O) groups excluding carboxylic acids is 2. The molecular weight excluding hydrogens is 414 g/mol. The third kappa shape index (κ3) is 3.61. The standard InChI is InChI=1S/C17H12ClNO6S2/c1-8-11-7-10(18)3-5-14(11)26-17(8)27(24,25)19-13-4-2-9(15(20)21)6-12(13)16(22)23/h2-7,19H,1H3,(H,20,21)(H,22,23)/p-2. The van der Waals surface area contributed by atoms with Crippen LogP contribution < -0.4 is 14.9 Å². The van der Waals surface area contributed by atoms with Crippen molar-refractivity contribution in [3.05, 3.63) is 58.1 Å². The molecule has 3 aromatic rings. The van der Waals surface area contributed by atoms with Gasteiger partial charge >= 0.3 is 0 Å². The van der Waals surface area contributed by atoms with E-state index in [2.05, 4.69) is 4.72 Å². The van der Waals surface area contributed by atoms with Gasteiger partial charge in [-0.1, -0.05) is 17.7 Å². The lowest BCUT2D eigenvalue weighted by Gasteiger charge is -2.15. The second-order valence-electron chi connectivity index (χ2n) is 5.60. The molecule has 0 fully saturated rings. The third-order valence-electron chi connectivity index (χ3n) is 3.82. The van der Waals surface area contributed by atoms with Gasteiger partial charge in [-0.2, -0.15) is 0 Å². The number of aryl methyl sites for hydroxylation is 1. The Labute approximate surface area is 162 Å². The van der Waals surface area contributed by atoms with Crippen LogP contribution in [0, 0.1) is 6.92 Å². The molecule has 27 heavy (non-hydrogen) atoms.